The van der Waals surface area contributed by atoms with E-state index in [2.05, 4.69) is 15.5 Å². The SMILES string of the molecule is CO/N=C(\C(=O)N[C@@H]1C(=O)N2C(C(=O)[O-])=C(C[n+]3ccn4cc(C(N)=O)ccc43)CS[C@H]12)c1csc(N)n1. The first-order valence-electron chi connectivity index (χ1n) is 11.0. The number of fused-ring (bicyclic) bond motifs is 2. The van der Waals surface area contributed by atoms with Crippen molar-refractivity contribution in [3.63, 3.8) is 0 Å². The standard InChI is InChI=1S/C22H20N8O6S2/c1-36-27-14(12-9-38-22(24)25-12)18(32)26-15-19(33)30-16(21(34)35)11(8-37-20(15)30)7-29-5-4-28-6-10(17(23)31)2-3-13(28)29/h2-6,9,15,20H,7-8H2,1H3,(H5-,23,24,25,26,31,32,34,35)/b27-14-/t15-,20-/m1/s1. The molecular formula is C22H20N8O6S2. The van der Waals surface area contributed by atoms with Gasteiger partial charge in [0.1, 0.15) is 49.4 Å². The van der Waals surface area contributed by atoms with Crippen molar-refractivity contribution in [1.82, 2.24) is 19.6 Å². The summed E-state index contributed by atoms with van der Waals surface area (Å²) < 4.78 is 3.47. The van der Waals surface area contributed by atoms with Crippen LogP contribution >= 0.6 is 23.1 Å². The van der Waals surface area contributed by atoms with Gasteiger partial charge in [-0.05, 0) is 6.07 Å². The number of nitrogens with one attached hydrogen (secondary N) is 1. The Labute approximate surface area is 222 Å². The number of carboxylic acids is 1. The van der Waals surface area contributed by atoms with Crippen molar-refractivity contribution in [2.45, 2.75) is 18.0 Å². The number of hydrogen-bond donors (Lipinski definition) is 3. The highest BCUT2D eigenvalue weighted by Gasteiger charge is 2.53. The first-order chi connectivity index (χ1) is 18.2. The number of nitrogens with two attached hydrogens (primary N) is 2. The third-order valence-electron chi connectivity index (χ3n) is 5.99. The molecule has 0 saturated carbocycles. The average Bonchev–Trinajstić information content (AvgIpc) is 3.50. The van der Waals surface area contributed by atoms with Crippen molar-refractivity contribution in [1.29, 1.82) is 0 Å². The number of amides is 3. The van der Waals surface area contributed by atoms with Crippen LogP contribution in [-0.2, 0) is 25.8 Å². The van der Waals surface area contributed by atoms with Crippen LogP contribution < -0.4 is 26.5 Å². The highest BCUT2D eigenvalue weighted by molar-refractivity contribution is 8.00. The summed E-state index contributed by atoms with van der Waals surface area (Å²) in [5.41, 5.74) is 12.2. The number of hydrogen-bond acceptors (Lipinski definition) is 11. The smallest absolute Gasteiger partial charge is 0.286 e. The summed E-state index contributed by atoms with van der Waals surface area (Å²) in [6.07, 6.45) is 5.00. The van der Waals surface area contributed by atoms with Crippen molar-refractivity contribution in [2.75, 3.05) is 18.6 Å². The Morgan fingerprint density at radius 2 is 2.16 bits per heavy atom. The molecule has 2 aliphatic heterocycles. The van der Waals surface area contributed by atoms with E-state index in [9.17, 15) is 24.3 Å². The number of primary amides is 1. The molecule has 16 heteroatoms. The minimum atomic E-state index is -1.50. The quantitative estimate of drug-likeness (QED) is 0.119. The molecule has 1 saturated heterocycles. The summed E-state index contributed by atoms with van der Waals surface area (Å²) in [4.78, 5) is 59.4. The number of β-lactam (4-membered cyclic amide) rings is 1. The van der Waals surface area contributed by atoms with Gasteiger partial charge in [0.2, 0.25) is 0 Å². The van der Waals surface area contributed by atoms with E-state index in [1.165, 1.54) is 24.3 Å². The van der Waals surface area contributed by atoms with Crippen molar-refractivity contribution in [2.24, 2.45) is 10.9 Å². The van der Waals surface area contributed by atoms with Crippen LogP contribution in [0.4, 0.5) is 5.13 Å². The molecule has 0 aliphatic carbocycles. The Hall–Kier alpha value is -4.44. The number of thiazole rings is 1. The topological polar surface area (TPSA) is 201 Å². The van der Waals surface area contributed by atoms with Crippen LogP contribution in [0, 0.1) is 0 Å². The van der Waals surface area contributed by atoms with Crippen LogP contribution in [-0.4, -0.2) is 68.0 Å². The van der Waals surface area contributed by atoms with E-state index in [-0.39, 0.29) is 34.5 Å². The predicted molar refractivity (Wildman–Crippen MR) is 133 cm³/mol. The van der Waals surface area contributed by atoms with Gasteiger partial charge in [-0.25, -0.2) is 14.0 Å². The number of imidazole rings is 1. The van der Waals surface area contributed by atoms with Crippen molar-refractivity contribution in [3.05, 3.63) is 58.6 Å². The zero-order valence-corrected chi connectivity index (χ0v) is 21.3. The first kappa shape index (κ1) is 25.2. The van der Waals surface area contributed by atoms with Crippen LogP contribution in [0.5, 0.6) is 0 Å². The van der Waals surface area contributed by atoms with E-state index in [1.807, 2.05) is 0 Å². The molecule has 0 unspecified atom stereocenters. The zero-order valence-electron chi connectivity index (χ0n) is 19.7. The number of carboxylic acid groups (broad SMARTS) is 1. The zero-order chi connectivity index (χ0) is 27.1. The number of aromatic nitrogens is 3. The number of rotatable bonds is 8. The fourth-order valence-electron chi connectivity index (χ4n) is 4.28. The maximum atomic E-state index is 13.0. The van der Waals surface area contributed by atoms with Gasteiger partial charge in [0, 0.05) is 22.8 Å². The molecular weight excluding hydrogens is 536 g/mol. The Morgan fingerprint density at radius 3 is 2.82 bits per heavy atom. The minimum absolute atomic E-state index is 0.159. The second-order valence-corrected chi connectivity index (χ2v) is 10.3. The summed E-state index contributed by atoms with van der Waals surface area (Å²) in [5, 5.41) is 19.5. The number of anilines is 1. The maximum absolute atomic E-state index is 13.0. The molecule has 0 spiro atoms. The van der Waals surface area contributed by atoms with Crippen LogP contribution in [0.25, 0.3) is 5.65 Å². The van der Waals surface area contributed by atoms with Crippen LogP contribution in [0.3, 0.4) is 0 Å². The van der Waals surface area contributed by atoms with Gasteiger partial charge in [0.25, 0.3) is 23.4 Å². The molecule has 1 fully saturated rings. The van der Waals surface area contributed by atoms with Gasteiger partial charge in [0.15, 0.2) is 10.8 Å². The normalized spacial score (nSPS) is 19.2. The first-order valence-corrected chi connectivity index (χ1v) is 12.9. The molecule has 0 radical (unpaired) electrons. The largest absolute Gasteiger partial charge is 0.543 e. The summed E-state index contributed by atoms with van der Waals surface area (Å²) in [7, 11) is 1.26. The molecule has 196 valence electrons. The lowest BCUT2D eigenvalue weighted by Crippen LogP contribution is -2.71. The molecule has 0 aromatic carbocycles. The summed E-state index contributed by atoms with van der Waals surface area (Å²) >= 11 is 2.42. The molecule has 2 aliphatic rings. The lowest BCUT2D eigenvalue weighted by atomic mass is 10.0. The number of aliphatic carboxylic acids is 1. The van der Waals surface area contributed by atoms with Crippen LogP contribution in [0.1, 0.15) is 16.1 Å². The van der Waals surface area contributed by atoms with Crippen molar-refractivity contribution in [3.8, 4) is 0 Å². The van der Waals surface area contributed by atoms with Gasteiger partial charge in [-0.15, -0.1) is 23.1 Å². The van der Waals surface area contributed by atoms with Crippen LogP contribution in [0.15, 0.2) is 52.5 Å². The monoisotopic (exact) mass is 556 g/mol. The van der Waals surface area contributed by atoms with Crippen molar-refractivity contribution < 1.29 is 33.7 Å². The Balaban J connectivity index is 1.37. The van der Waals surface area contributed by atoms with Gasteiger partial charge < -0.3 is 31.5 Å². The van der Waals surface area contributed by atoms with E-state index in [1.54, 1.807) is 39.7 Å². The highest BCUT2D eigenvalue weighted by atomic mass is 32.2. The van der Waals surface area contributed by atoms with Crippen LogP contribution in [0.2, 0.25) is 0 Å². The predicted octanol–water partition coefficient (Wildman–Crippen LogP) is -2.18. The lowest BCUT2D eigenvalue weighted by Gasteiger charge is -2.50. The van der Waals surface area contributed by atoms with E-state index in [0.717, 1.165) is 16.2 Å². The molecule has 38 heavy (non-hydrogen) atoms. The Morgan fingerprint density at radius 1 is 1.37 bits per heavy atom. The van der Waals surface area contributed by atoms with Gasteiger partial charge in [0.05, 0.1) is 17.2 Å². The van der Waals surface area contributed by atoms with Gasteiger partial charge in [-0.3, -0.25) is 19.3 Å². The Kier molecular flexibility index (Phi) is 6.50. The third-order valence-corrected chi connectivity index (χ3v) is 8.00. The second-order valence-electron chi connectivity index (χ2n) is 8.27. The van der Waals surface area contributed by atoms with Gasteiger partial charge in [-0.1, -0.05) is 5.16 Å². The fraction of sp³-hybridized carbons (Fsp3) is 0.227. The molecule has 3 amide bonds. The number of oxime groups is 1. The summed E-state index contributed by atoms with van der Waals surface area (Å²) in [6, 6.07) is 2.27. The second kappa shape index (κ2) is 9.79. The van der Waals surface area contributed by atoms with E-state index in [0.29, 0.717) is 16.8 Å². The van der Waals surface area contributed by atoms with E-state index >= 15 is 0 Å². The number of nitrogens with zero attached hydrogens (tertiary/aromatic N) is 5. The summed E-state index contributed by atoms with van der Waals surface area (Å²) in [6.45, 7) is 0.159. The van der Waals surface area contributed by atoms with E-state index in [4.69, 9.17) is 16.3 Å². The molecule has 5 N–H and O–H groups in total. The summed E-state index contributed by atoms with van der Waals surface area (Å²) in [5.74, 6) is -3.11. The number of carbonyl (C=O) groups is 4. The lowest BCUT2D eigenvalue weighted by molar-refractivity contribution is -0.662. The van der Waals surface area contributed by atoms with Gasteiger partial charge >= 0.3 is 0 Å². The number of thioether (sulfide) groups is 1. The molecule has 0 bridgehead atoms. The molecule has 2 atom stereocenters. The minimum Gasteiger partial charge on any atom is -0.543 e. The number of carbonyl (C=O) groups excluding carboxylic acids is 4. The Bertz CT molecular complexity index is 1560. The van der Waals surface area contributed by atoms with E-state index < -0.39 is 35.1 Å². The van der Waals surface area contributed by atoms with Crippen molar-refractivity contribution >= 4 is 63.3 Å². The highest BCUT2D eigenvalue weighted by Crippen LogP contribution is 2.40. The number of pyridine rings is 1. The molecule has 3 aromatic heterocycles. The molecule has 5 rings (SSSR count). The molecule has 14 nitrogen and oxygen atoms in total. The number of nitrogen functional groups attached to an aromatic ring is 1. The molecule has 5 heterocycles. The third kappa shape index (κ3) is 4.32. The molecule has 3 aromatic rings. The maximum Gasteiger partial charge on any atom is 0.286 e. The average molecular weight is 557 g/mol. The fourth-order valence-corrected chi connectivity index (χ4v) is 6.16. The van der Waals surface area contributed by atoms with Gasteiger partial charge in [-0.2, -0.15) is 0 Å².